The van der Waals surface area contributed by atoms with Crippen LogP contribution in [0.25, 0.3) is 0 Å². The van der Waals surface area contributed by atoms with Crippen LogP contribution in [-0.2, 0) is 23.0 Å². The van der Waals surface area contributed by atoms with Crippen molar-refractivity contribution in [3.05, 3.63) is 101 Å². The second-order valence-corrected chi connectivity index (χ2v) is 9.26. The van der Waals surface area contributed by atoms with Gasteiger partial charge < -0.3 is 5.32 Å². The van der Waals surface area contributed by atoms with E-state index in [0.29, 0.717) is 11.1 Å². The fourth-order valence-electron chi connectivity index (χ4n) is 3.23. The van der Waals surface area contributed by atoms with Gasteiger partial charge in [0.05, 0.1) is 10.5 Å². The van der Waals surface area contributed by atoms with E-state index in [2.05, 4.69) is 22.2 Å². The van der Waals surface area contributed by atoms with Crippen LogP contribution in [0.1, 0.15) is 40.4 Å². The Labute approximate surface area is 189 Å². The molecule has 3 rings (SSSR count). The minimum Gasteiger partial charge on any atom is -0.350 e. The lowest BCUT2D eigenvalue weighted by molar-refractivity contribution is 0.0938. The smallest absolute Gasteiger partial charge is 0.251 e. The molecule has 6 nitrogen and oxygen atoms in total. The zero-order valence-corrected chi connectivity index (χ0v) is 18.6. The van der Waals surface area contributed by atoms with Gasteiger partial charge in [-0.05, 0) is 55.2 Å². The number of benzene rings is 3. The van der Waals surface area contributed by atoms with E-state index in [4.69, 9.17) is 5.26 Å². The Morgan fingerprint density at radius 2 is 1.59 bits per heavy atom. The minimum absolute atomic E-state index is 0.0226. The topological polar surface area (TPSA) is 99.1 Å². The highest BCUT2D eigenvalue weighted by atomic mass is 32.2. The summed E-state index contributed by atoms with van der Waals surface area (Å²) in [5.41, 5.74) is 2.54. The number of hydrogen-bond donors (Lipinski definition) is 2. The number of carbonyl (C=O) groups excluding carboxylic acids is 1. The van der Waals surface area contributed by atoms with Gasteiger partial charge in [0.25, 0.3) is 5.91 Å². The van der Waals surface area contributed by atoms with E-state index in [-0.39, 0.29) is 29.0 Å². The highest BCUT2D eigenvalue weighted by Gasteiger charge is 2.18. The van der Waals surface area contributed by atoms with Crippen LogP contribution >= 0.6 is 0 Å². The average Bonchev–Trinajstić information content (AvgIpc) is 2.82. The molecule has 0 radical (unpaired) electrons. The largest absolute Gasteiger partial charge is 0.350 e. The summed E-state index contributed by atoms with van der Waals surface area (Å²) in [5.74, 6) is -0.166. The van der Waals surface area contributed by atoms with Crippen LogP contribution in [0.5, 0.6) is 0 Å². The third-order valence-electron chi connectivity index (χ3n) is 5.07. The molecule has 0 fully saturated rings. The Morgan fingerprint density at radius 3 is 2.28 bits per heavy atom. The summed E-state index contributed by atoms with van der Waals surface area (Å²) in [4.78, 5) is 12.4. The summed E-state index contributed by atoms with van der Waals surface area (Å²) in [6.07, 6.45) is 1.72. The summed E-state index contributed by atoms with van der Waals surface area (Å²) < 4.78 is 27.5. The summed E-state index contributed by atoms with van der Waals surface area (Å²) in [6, 6.07) is 24.8. The normalized spacial score (nSPS) is 12.0. The number of carbonyl (C=O) groups is 1. The van der Waals surface area contributed by atoms with Crippen molar-refractivity contribution in [1.82, 2.24) is 10.0 Å². The minimum atomic E-state index is -3.82. The van der Waals surface area contributed by atoms with Crippen molar-refractivity contribution >= 4 is 15.9 Å². The van der Waals surface area contributed by atoms with Crippen molar-refractivity contribution in [1.29, 1.82) is 5.26 Å². The van der Waals surface area contributed by atoms with Crippen molar-refractivity contribution < 1.29 is 13.2 Å². The van der Waals surface area contributed by atoms with Crippen LogP contribution in [-0.4, -0.2) is 20.4 Å². The first kappa shape index (κ1) is 23.2. The molecule has 0 heterocycles. The van der Waals surface area contributed by atoms with Crippen molar-refractivity contribution in [3.63, 3.8) is 0 Å². The Balaban J connectivity index is 1.54. The van der Waals surface area contributed by atoms with Crippen LogP contribution in [0.4, 0.5) is 0 Å². The molecule has 0 aromatic heterocycles. The number of rotatable bonds is 9. The predicted octanol–water partition coefficient (Wildman–Crippen LogP) is 3.79. The number of nitrogens with one attached hydrogen (secondary N) is 2. The molecule has 0 saturated heterocycles. The monoisotopic (exact) mass is 447 g/mol. The molecule has 32 heavy (non-hydrogen) atoms. The van der Waals surface area contributed by atoms with E-state index in [0.717, 1.165) is 12.8 Å². The lowest BCUT2D eigenvalue weighted by atomic mass is 10.1. The zero-order valence-electron chi connectivity index (χ0n) is 17.8. The van der Waals surface area contributed by atoms with Gasteiger partial charge >= 0.3 is 0 Å². The second kappa shape index (κ2) is 10.7. The summed E-state index contributed by atoms with van der Waals surface area (Å²) in [6.45, 7) is 2.03. The van der Waals surface area contributed by atoms with E-state index >= 15 is 0 Å². The number of aryl methyl sites for hydroxylation is 1. The molecule has 7 heteroatoms. The van der Waals surface area contributed by atoms with Gasteiger partial charge in [-0.2, -0.15) is 5.26 Å². The first-order valence-electron chi connectivity index (χ1n) is 10.3. The Bertz CT molecular complexity index is 1200. The molecule has 3 aromatic rings. The van der Waals surface area contributed by atoms with Crippen molar-refractivity contribution in [2.75, 3.05) is 0 Å². The highest BCUT2D eigenvalue weighted by molar-refractivity contribution is 7.89. The van der Waals surface area contributed by atoms with Crippen LogP contribution in [0.3, 0.4) is 0 Å². The van der Waals surface area contributed by atoms with Gasteiger partial charge in [-0.15, -0.1) is 0 Å². The van der Waals surface area contributed by atoms with Gasteiger partial charge in [-0.1, -0.05) is 54.6 Å². The molecule has 0 aliphatic rings. The summed E-state index contributed by atoms with van der Waals surface area (Å²) >= 11 is 0. The molecular formula is C25H25N3O3S. The third-order valence-corrected chi connectivity index (χ3v) is 6.53. The van der Waals surface area contributed by atoms with Crippen LogP contribution in [0.2, 0.25) is 0 Å². The quantitative estimate of drug-likeness (QED) is 0.521. The number of hydrogen-bond acceptors (Lipinski definition) is 4. The molecule has 1 atom stereocenters. The van der Waals surface area contributed by atoms with Gasteiger partial charge in [-0.25, -0.2) is 13.1 Å². The van der Waals surface area contributed by atoms with Gasteiger partial charge in [-0.3, -0.25) is 4.79 Å². The van der Waals surface area contributed by atoms with Crippen LogP contribution in [0, 0.1) is 11.3 Å². The van der Waals surface area contributed by atoms with E-state index in [9.17, 15) is 13.2 Å². The Hall–Kier alpha value is -3.47. The lowest BCUT2D eigenvalue weighted by Gasteiger charge is -2.14. The first-order valence-corrected chi connectivity index (χ1v) is 11.8. The summed E-state index contributed by atoms with van der Waals surface area (Å²) in [5, 5.41) is 12.1. The van der Waals surface area contributed by atoms with Gasteiger partial charge in [0.2, 0.25) is 10.0 Å². The zero-order chi connectivity index (χ0) is 23.0. The molecule has 3 aromatic carbocycles. The van der Waals surface area contributed by atoms with E-state index in [1.807, 2.05) is 31.2 Å². The standard InChI is InChI=1S/C25H25N3O3S/c1-19(11-12-20-7-3-2-4-8-20)28-25(29)22-15-13-21(14-16-22)18-27-32(30,31)24-10-6-5-9-23(24)17-26/h2-10,13-16,19,27H,11-12,18H2,1H3,(H,28,29)/t19-/m1/s1. The van der Waals surface area contributed by atoms with E-state index < -0.39 is 10.0 Å². The maximum absolute atomic E-state index is 12.5. The highest BCUT2D eigenvalue weighted by Crippen LogP contribution is 2.15. The fraction of sp³-hybridized carbons (Fsp3) is 0.200. The van der Waals surface area contributed by atoms with E-state index in [1.165, 1.54) is 17.7 Å². The molecule has 0 unspecified atom stereocenters. The lowest BCUT2D eigenvalue weighted by Crippen LogP contribution is -2.32. The Kier molecular flexibility index (Phi) is 7.77. The molecule has 1 amide bonds. The van der Waals surface area contributed by atoms with Crippen LogP contribution in [0.15, 0.2) is 83.8 Å². The third kappa shape index (κ3) is 6.27. The molecule has 0 aliphatic heterocycles. The molecular weight excluding hydrogens is 422 g/mol. The van der Waals surface area contributed by atoms with Crippen LogP contribution < -0.4 is 10.0 Å². The molecule has 2 N–H and O–H groups in total. The SMILES string of the molecule is C[C@H](CCc1ccccc1)NC(=O)c1ccc(CNS(=O)(=O)c2ccccc2C#N)cc1. The molecule has 0 spiro atoms. The fourth-order valence-corrected chi connectivity index (χ4v) is 4.40. The second-order valence-electron chi connectivity index (χ2n) is 7.53. The van der Waals surface area contributed by atoms with Crippen molar-refractivity contribution in [2.45, 2.75) is 37.2 Å². The van der Waals surface area contributed by atoms with Gasteiger partial charge in [0.15, 0.2) is 0 Å². The van der Waals surface area contributed by atoms with Crippen molar-refractivity contribution in [3.8, 4) is 6.07 Å². The van der Waals surface area contributed by atoms with Gasteiger partial charge in [0.1, 0.15) is 6.07 Å². The maximum Gasteiger partial charge on any atom is 0.251 e. The molecule has 0 bridgehead atoms. The first-order chi connectivity index (χ1) is 15.4. The van der Waals surface area contributed by atoms with E-state index in [1.54, 1.807) is 36.4 Å². The van der Waals surface area contributed by atoms with Crippen molar-refractivity contribution in [2.24, 2.45) is 0 Å². The molecule has 164 valence electrons. The summed E-state index contributed by atoms with van der Waals surface area (Å²) in [7, 11) is -3.82. The Morgan fingerprint density at radius 1 is 0.938 bits per heavy atom. The number of nitrogens with zero attached hydrogens (tertiary/aromatic N) is 1. The number of nitriles is 1. The maximum atomic E-state index is 12.5. The number of sulfonamides is 1. The van der Waals surface area contributed by atoms with Gasteiger partial charge in [0, 0.05) is 18.2 Å². The predicted molar refractivity (Wildman–Crippen MR) is 123 cm³/mol. The average molecular weight is 448 g/mol. The molecule has 0 aliphatic carbocycles. The number of amides is 1. The molecule has 0 saturated carbocycles.